The van der Waals surface area contributed by atoms with Crippen molar-refractivity contribution in [2.75, 3.05) is 32.2 Å². The second-order valence-electron chi connectivity index (χ2n) is 6.70. The Hall–Kier alpha value is -2.95. The molecule has 0 aliphatic carbocycles. The molecule has 1 aliphatic rings. The van der Waals surface area contributed by atoms with Crippen molar-refractivity contribution in [3.63, 3.8) is 0 Å². The summed E-state index contributed by atoms with van der Waals surface area (Å²) in [7, 11) is 3.29. The number of fused-ring (bicyclic) bond motifs is 1. The second kappa shape index (κ2) is 7.74. The van der Waals surface area contributed by atoms with E-state index in [9.17, 15) is 0 Å². The third kappa shape index (κ3) is 3.77. The number of pyridine rings is 1. The molecule has 0 bridgehead atoms. The number of rotatable bonds is 6. The Morgan fingerprint density at radius 2 is 1.67 bits per heavy atom. The lowest BCUT2D eigenvalue weighted by molar-refractivity contribution is 0.307. The van der Waals surface area contributed by atoms with E-state index in [4.69, 9.17) is 19.2 Å². The van der Waals surface area contributed by atoms with E-state index in [1.54, 1.807) is 14.2 Å². The van der Waals surface area contributed by atoms with Gasteiger partial charge in [0.25, 0.3) is 0 Å². The zero-order chi connectivity index (χ0) is 18.6. The van der Waals surface area contributed by atoms with Gasteiger partial charge in [0.2, 0.25) is 0 Å². The summed E-state index contributed by atoms with van der Waals surface area (Å²) in [6.45, 7) is 2.57. The first-order valence-electron chi connectivity index (χ1n) is 9.26. The fourth-order valence-electron chi connectivity index (χ4n) is 3.46. The molecule has 140 valence electrons. The summed E-state index contributed by atoms with van der Waals surface area (Å²) in [5.74, 6) is 3.31. The molecule has 27 heavy (non-hydrogen) atoms. The number of para-hydroxylation sites is 1. The number of hydrogen-bond donors (Lipinski definition) is 0. The highest BCUT2D eigenvalue weighted by Crippen LogP contribution is 2.29. The van der Waals surface area contributed by atoms with E-state index in [2.05, 4.69) is 23.1 Å². The van der Waals surface area contributed by atoms with E-state index in [0.717, 1.165) is 52.6 Å². The highest BCUT2D eigenvalue weighted by atomic mass is 16.5. The molecule has 5 nitrogen and oxygen atoms in total. The van der Waals surface area contributed by atoms with E-state index in [1.807, 2.05) is 30.3 Å². The maximum absolute atomic E-state index is 6.13. The number of methoxy groups -OCH3 is 2. The Kier molecular flexibility index (Phi) is 5.01. The third-order valence-electron chi connectivity index (χ3n) is 4.90. The van der Waals surface area contributed by atoms with Crippen molar-refractivity contribution in [1.82, 2.24) is 4.98 Å². The van der Waals surface area contributed by atoms with Crippen molar-refractivity contribution in [3.05, 3.63) is 54.1 Å². The smallest absolute Gasteiger partial charge is 0.146 e. The Balaban J connectivity index is 1.60. The van der Waals surface area contributed by atoms with Crippen LogP contribution >= 0.6 is 0 Å². The van der Waals surface area contributed by atoms with Crippen LogP contribution in [0.3, 0.4) is 0 Å². The Morgan fingerprint density at radius 1 is 0.926 bits per heavy atom. The summed E-state index contributed by atoms with van der Waals surface area (Å²) < 4.78 is 16.8. The van der Waals surface area contributed by atoms with E-state index in [-0.39, 0.29) is 0 Å². The average Bonchev–Trinajstić information content (AvgIpc) is 3.26. The van der Waals surface area contributed by atoms with Crippen molar-refractivity contribution in [2.45, 2.75) is 19.4 Å². The van der Waals surface area contributed by atoms with Crippen LogP contribution in [-0.4, -0.2) is 32.3 Å². The number of benzene rings is 2. The van der Waals surface area contributed by atoms with Crippen molar-refractivity contribution < 1.29 is 14.2 Å². The van der Waals surface area contributed by atoms with Crippen molar-refractivity contribution in [3.8, 4) is 17.2 Å². The summed E-state index contributed by atoms with van der Waals surface area (Å²) in [6.07, 6.45) is 2.46. The van der Waals surface area contributed by atoms with Crippen LogP contribution in [0.2, 0.25) is 0 Å². The molecule has 0 spiro atoms. The highest BCUT2D eigenvalue weighted by Gasteiger charge is 2.15. The Morgan fingerprint density at radius 3 is 2.37 bits per heavy atom. The van der Waals surface area contributed by atoms with Gasteiger partial charge in [0.05, 0.1) is 14.2 Å². The van der Waals surface area contributed by atoms with Gasteiger partial charge in [-0.1, -0.05) is 12.1 Å². The molecule has 0 atom stereocenters. The maximum atomic E-state index is 6.13. The molecule has 1 aliphatic heterocycles. The first-order chi connectivity index (χ1) is 13.3. The topological polar surface area (TPSA) is 43.8 Å². The first-order valence-corrected chi connectivity index (χ1v) is 9.26. The molecule has 1 saturated heterocycles. The quantitative estimate of drug-likeness (QED) is 0.647. The van der Waals surface area contributed by atoms with Crippen LogP contribution in [0.4, 0.5) is 5.82 Å². The van der Waals surface area contributed by atoms with Crippen molar-refractivity contribution >= 4 is 16.7 Å². The summed E-state index contributed by atoms with van der Waals surface area (Å²) in [5, 5.41) is 1.08. The zero-order valence-electron chi connectivity index (χ0n) is 15.8. The normalized spacial score (nSPS) is 13.8. The lowest BCUT2D eigenvalue weighted by Gasteiger charge is -2.17. The lowest BCUT2D eigenvalue weighted by atomic mass is 10.2. The minimum atomic E-state index is 0.419. The molecule has 1 fully saturated rings. The molecular weight excluding hydrogens is 340 g/mol. The molecule has 2 aromatic carbocycles. The minimum Gasteiger partial charge on any atom is -0.497 e. The average molecular weight is 364 g/mol. The SMILES string of the molecule is COc1cc(COc2cccc3ccc(N4CCCC4)nc23)cc(OC)c1. The number of ether oxygens (including phenoxy) is 3. The van der Waals surface area contributed by atoms with Crippen LogP contribution < -0.4 is 19.1 Å². The molecule has 0 unspecified atom stereocenters. The van der Waals surface area contributed by atoms with E-state index in [1.165, 1.54) is 12.8 Å². The Labute approximate surface area is 159 Å². The molecule has 2 heterocycles. The predicted molar refractivity (Wildman–Crippen MR) is 107 cm³/mol. The lowest BCUT2D eigenvalue weighted by Crippen LogP contribution is -2.18. The van der Waals surface area contributed by atoms with Gasteiger partial charge in [0.1, 0.15) is 35.2 Å². The fourth-order valence-corrected chi connectivity index (χ4v) is 3.46. The van der Waals surface area contributed by atoms with Gasteiger partial charge in [0.15, 0.2) is 0 Å². The molecular formula is C22H24N2O3. The minimum absolute atomic E-state index is 0.419. The molecule has 0 N–H and O–H groups in total. The number of hydrogen-bond acceptors (Lipinski definition) is 5. The van der Waals surface area contributed by atoms with Gasteiger partial charge in [-0.05, 0) is 48.7 Å². The van der Waals surface area contributed by atoms with Gasteiger partial charge in [-0.3, -0.25) is 0 Å². The van der Waals surface area contributed by atoms with E-state index < -0.39 is 0 Å². The van der Waals surface area contributed by atoms with Gasteiger partial charge in [-0.25, -0.2) is 4.98 Å². The Bertz CT molecular complexity index is 914. The molecule has 3 aromatic rings. The molecule has 0 radical (unpaired) electrons. The maximum Gasteiger partial charge on any atom is 0.146 e. The summed E-state index contributed by atoms with van der Waals surface area (Å²) in [6, 6.07) is 16.0. The molecule has 0 amide bonds. The van der Waals surface area contributed by atoms with E-state index in [0.29, 0.717) is 6.61 Å². The van der Waals surface area contributed by atoms with Gasteiger partial charge in [-0.15, -0.1) is 0 Å². The number of anilines is 1. The van der Waals surface area contributed by atoms with Gasteiger partial charge >= 0.3 is 0 Å². The third-order valence-corrected chi connectivity index (χ3v) is 4.90. The van der Waals surface area contributed by atoms with Gasteiger partial charge in [-0.2, -0.15) is 0 Å². The molecule has 0 saturated carbocycles. The van der Waals surface area contributed by atoms with Gasteiger partial charge in [0, 0.05) is 24.5 Å². The van der Waals surface area contributed by atoms with Crippen LogP contribution in [0.5, 0.6) is 17.2 Å². The van der Waals surface area contributed by atoms with Crippen LogP contribution in [-0.2, 0) is 6.61 Å². The first kappa shape index (κ1) is 17.5. The standard InChI is InChI=1S/C22H24N2O3/c1-25-18-12-16(13-19(14-18)26-2)15-27-20-7-5-6-17-8-9-21(23-22(17)20)24-10-3-4-11-24/h5-9,12-14H,3-4,10-11,15H2,1-2H3. The predicted octanol–water partition coefficient (Wildman–Crippen LogP) is 4.43. The zero-order valence-corrected chi connectivity index (χ0v) is 15.8. The summed E-state index contributed by atoms with van der Waals surface area (Å²) >= 11 is 0. The van der Waals surface area contributed by atoms with Crippen molar-refractivity contribution in [2.24, 2.45) is 0 Å². The fraction of sp³-hybridized carbons (Fsp3) is 0.318. The van der Waals surface area contributed by atoms with Crippen molar-refractivity contribution in [1.29, 1.82) is 0 Å². The van der Waals surface area contributed by atoms with Crippen LogP contribution in [0.1, 0.15) is 18.4 Å². The molecule has 1 aromatic heterocycles. The van der Waals surface area contributed by atoms with Gasteiger partial charge < -0.3 is 19.1 Å². The monoisotopic (exact) mass is 364 g/mol. The number of aromatic nitrogens is 1. The molecule has 5 heteroatoms. The van der Waals surface area contributed by atoms with Crippen LogP contribution in [0.25, 0.3) is 10.9 Å². The molecule has 4 rings (SSSR count). The summed E-state index contributed by atoms with van der Waals surface area (Å²) in [5.41, 5.74) is 1.88. The second-order valence-corrected chi connectivity index (χ2v) is 6.70. The highest BCUT2D eigenvalue weighted by molar-refractivity contribution is 5.86. The number of nitrogens with zero attached hydrogens (tertiary/aromatic N) is 2. The largest absolute Gasteiger partial charge is 0.497 e. The van der Waals surface area contributed by atoms with Crippen LogP contribution in [0, 0.1) is 0 Å². The summed E-state index contributed by atoms with van der Waals surface area (Å²) in [4.78, 5) is 7.22. The van der Waals surface area contributed by atoms with Crippen LogP contribution in [0.15, 0.2) is 48.5 Å². The van der Waals surface area contributed by atoms with E-state index >= 15 is 0 Å².